The van der Waals surface area contributed by atoms with Crippen LogP contribution in [-0.2, 0) is 24.3 Å². The van der Waals surface area contributed by atoms with Crippen LogP contribution in [0.15, 0.2) is 53.4 Å². The molecule has 0 atom stereocenters. The van der Waals surface area contributed by atoms with E-state index in [0.717, 1.165) is 0 Å². The normalized spacial score (nSPS) is 15.3. The summed E-state index contributed by atoms with van der Waals surface area (Å²) in [5.74, 6) is -0.876. The van der Waals surface area contributed by atoms with Gasteiger partial charge in [0.15, 0.2) is 6.61 Å². The SMILES string of the molecule is COc1ccc(S(=O)(=O)N2CCC(C(=O)OCC(=O)Nc3cccc(Cl)c3)CC2)cc1. The van der Waals surface area contributed by atoms with Gasteiger partial charge in [0.05, 0.1) is 17.9 Å². The zero-order chi connectivity index (χ0) is 22.4. The minimum atomic E-state index is -3.65. The van der Waals surface area contributed by atoms with Crippen molar-refractivity contribution in [3.8, 4) is 5.75 Å². The van der Waals surface area contributed by atoms with Crippen molar-refractivity contribution >= 4 is 39.2 Å². The second-order valence-electron chi connectivity index (χ2n) is 7.02. The fraction of sp³-hybridized carbons (Fsp3) is 0.333. The topological polar surface area (TPSA) is 102 Å². The van der Waals surface area contributed by atoms with Gasteiger partial charge in [0.1, 0.15) is 5.75 Å². The second kappa shape index (κ2) is 10.1. The molecule has 2 aromatic carbocycles. The number of methoxy groups -OCH3 is 1. The summed E-state index contributed by atoms with van der Waals surface area (Å²) in [5, 5.41) is 3.08. The summed E-state index contributed by atoms with van der Waals surface area (Å²) >= 11 is 5.86. The second-order valence-corrected chi connectivity index (χ2v) is 9.39. The van der Waals surface area contributed by atoms with Gasteiger partial charge in [-0.2, -0.15) is 4.31 Å². The van der Waals surface area contributed by atoms with Crippen molar-refractivity contribution in [3.63, 3.8) is 0 Å². The molecule has 0 saturated carbocycles. The molecule has 1 aliphatic rings. The maximum Gasteiger partial charge on any atom is 0.309 e. The summed E-state index contributed by atoms with van der Waals surface area (Å²) in [4.78, 5) is 24.4. The van der Waals surface area contributed by atoms with E-state index in [1.165, 1.54) is 23.5 Å². The number of hydrogen-bond acceptors (Lipinski definition) is 6. The molecule has 3 rings (SSSR count). The van der Waals surface area contributed by atoms with E-state index in [1.54, 1.807) is 36.4 Å². The Balaban J connectivity index is 1.48. The molecule has 1 fully saturated rings. The Morgan fingerprint density at radius 2 is 1.81 bits per heavy atom. The van der Waals surface area contributed by atoms with E-state index in [1.807, 2.05) is 0 Å². The number of benzene rings is 2. The zero-order valence-electron chi connectivity index (χ0n) is 16.9. The summed E-state index contributed by atoms with van der Waals surface area (Å²) in [5.41, 5.74) is 0.505. The molecule has 1 heterocycles. The third-order valence-electron chi connectivity index (χ3n) is 4.94. The number of sulfonamides is 1. The number of ether oxygens (including phenoxy) is 2. The first-order valence-corrected chi connectivity index (χ1v) is 11.5. The molecule has 8 nitrogen and oxygen atoms in total. The predicted octanol–water partition coefficient (Wildman–Crippen LogP) is 2.93. The Kier molecular flexibility index (Phi) is 7.53. The minimum absolute atomic E-state index is 0.173. The van der Waals surface area contributed by atoms with Crippen LogP contribution < -0.4 is 10.1 Å². The third kappa shape index (κ3) is 5.96. The van der Waals surface area contributed by atoms with Gasteiger partial charge < -0.3 is 14.8 Å². The number of rotatable bonds is 7. The monoisotopic (exact) mass is 466 g/mol. The number of carbonyl (C=O) groups is 2. The quantitative estimate of drug-likeness (QED) is 0.629. The lowest BCUT2D eigenvalue weighted by Gasteiger charge is -2.30. The Morgan fingerprint density at radius 3 is 2.42 bits per heavy atom. The van der Waals surface area contributed by atoms with Crippen LogP contribution in [0.25, 0.3) is 0 Å². The summed E-state index contributed by atoms with van der Waals surface area (Å²) in [6.07, 6.45) is 0.647. The van der Waals surface area contributed by atoms with E-state index >= 15 is 0 Å². The van der Waals surface area contributed by atoms with Crippen LogP contribution in [0.1, 0.15) is 12.8 Å². The Bertz CT molecular complexity index is 1030. The number of halogens is 1. The van der Waals surface area contributed by atoms with Gasteiger partial charge in [0.2, 0.25) is 10.0 Å². The largest absolute Gasteiger partial charge is 0.497 e. The van der Waals surface area contributed by atoms with E-state index in [4.69, 9.17) is 21.1 Å². The molecule has 0 bridgehead atoms. The predicted molar refractivity (Wildman–Crippen MR) is 116 cm³/mol. The van der Waals surface area contributed by atoms with Crippen molar-refractivity contribution in [2.45, 2.75) is 17.7 Å². The van der Waals surface area contributed by atoms with Gasteiger partial charge >= 0.3 is 5.97 Å². The van der Waals surface area contributed by atoms with Gasteiger partial charge in [-0.15, -0.1) is 0 Å². The molecule has 1 N–H and O–H groups in total. The third-order valence-corrected chi connectivity index (χ3v) is 7.09. The molecule has 1 saturated heterocycles. The highest BCUT2D eigenvalue weighted by molar-refractivity contribution is 7.89. The number of esters is 1. The smallest absolute Gasteiger partial charge is 0.309 e. The molecule has 0 aromatic heterocycles. The minimum Gasteiger partial charge on any atom is -0.497 e. The molecule has 0 radical (unpaired) electrons. The molecular formula is C21H23ClN2O6S. The Labute approximate surface area is 186 Å². The average molecular weight is 467 g/mol. The Hall–Kier alpha value is -2.62. The van der Waals surface area contributed by atoms with Crippen LogP contribution >= 0.6 is 11.6 Å². The van der Waals surface area contributed by atoms with Crippen LogP contribution in [0.4, 0.5) is 5.69 Å². The number of carbonyl (C=O) groups excluding carboxylic acids is 2. The summed E-state index contributed by atoms with van der Waals surface area (Å²) < 4.78 is 37.1. The molecule has 0 unspecified atom stereocenters. The van der Waals surface area contributed by atoms with Gasteiger partial charge in [0.25, 0.3) is 5.91 Å². The van der Waals surface area contributed by atoms with Crippen molar-refractivity contribution in [1.82, 2.24) is 4.31 Å². The van der Waals surface area contributed by atoms with Gasteiger partial charge in [-0.3, -0.25) is 9.59 Å². The average Bonchev–Trinajstić information content (AvgIpc) is 2.77. The molecule has 166 valence electrons. The summed E-state index contributed by atoms with van der Waals surface area (Å²) in [7, 11) is -2.14. The molecule has 1 amide bonds. The van der Waals surface area contributed by atoms with E-state index in [-0.39, 0.29) is 18.0 Å². The lowest BCUT2D eigenvalue weighted by atomic mass is 9.98. The van der Waals surface area contributed by atoms with Crippen molar-refractivity contribution in [1.29, 1.82) is 0 Å². The standard InChI is InChI=1S/C21H23ClN2O6S/c1-29-18-5-7-19(8-6-18)31(27,28)24-11-9-15(10-12-24)21(26)30-14-20(25)23-17-4-2-3-16(22)13-17/h2-8,13,15H,9-12,14H2,1H3,(H,23,25). The molecular weight excluding hydrogens is 444 g/mol. The van der Waals surface area contributed by atoms with E-state index < -0.39 is 34.4 Å². The van der Waals surface area contributed by atoms with E-state index in [2.05, 4.69) is 5.32 Å². The highest BCUT2D eigenvalue weighted by Gasteiger charge is 2.33. The zero-order valence-corrected chi connectivity index (χ0v) is 18.5. The summed E-state index contributed by atoms with van der Waals surface area (Å²) in [6.45, 7) is -0.0264. The number of nitrogens with zero attached hydrogens (tertiary/aromatic N) is 1. The molecule has 31 heavy (non-hydrogen) atoms. The van der Waals surface area contributed by atoms with Crippen LogP contribution in [0, 0.1) is 5.92 Å². The Morgan fingerprint density at radius 1 is 1.13 bits per heavy atom. The molecule has 1 aliphatic heterocycles. The first-order chi connectivity index (χ1) is 14.8. The molecule has 10 heteroatoms. The lowest BCUT2D eigenvalue weighted by Crippen LogP contribution is -2.40. The van der Waals surface area contributed by atoms with Gasteiger partial charge in [-0.05, 0) is 55.3 Å². The first-order valence-electron chi connectivity index (χ1n) is 9.66. The highest BCUT2D eigenvalue weighted by Crippen LogP contribution is 2.25. The maximum absolute atomic E-state index is 12.8. The number of piperidine rings is 1. The van der Waals surface area contributed by atoms with Crippen molar-refractivity contribution < 1.29 is 27.5 Å². The van der Waals surface area contributed by atoms with E-state index in [0.29, 0.717) is 29.3 Å². The van der Waals surface area contributed by atoms with Crippen LogP contribution in [0.2, 0.25) is 5.02 Å². The number of amides is 1. The lowest BCUT2D eigenvalue weighted by molar-refractivity contribution is -0.152. The molecule has 2 aromatic rings. The highest BCUT2D eigenvalue weighted by atomic mass is 35.5. The van der Waals surface area contributed by atoms with Crippen LogP contribution in [-0.4, -0.2) is 51.4 Å². The molecule has 0 aliphatic carbocycles. The fourth-order valence-corrected chi connectivity index (χ4v) is 4.91. The van der Waals surface area contributed by atoms with Crippen LogP contribution in [0.3, 0.4) is 0 Å². The maximum atomic E-state index is 12.8. The number of hydrogen-bond donors (Lipinski definition) is 1. The van der Waals surface area contributed by atoms with Gasteiger partial charge in [-0.1, -0.05) is 17.7 Å². The van der Waals surface area contributed by atoms with Crippen molar-refractivity contribution in [2.24, 2.45) is 5.92 Å². The van der Waals surface area contributed by atoms with Gasteiger partial charge in [0, 0.05) is 23.8 Å². The first kappa shape index (κ1) is 23.1. The van der Waals surface area contributed by atoms with Crippen molar-refractivity contribution in [2.75, 3.05) is 32.1 Å². The fourth-order valence-electron chi connectivity index (χ4n) is 3.25. The van der Waals surface area contributed by atoms with Crippen molar-refractivity contribution in [3.05, 3.63) is 53.6 Å². The van der Waals surface area contributed by atoms with Crippen LogP contribution in [0.5, 0.6) is 5.75 Å². The molecule has 0 spiro atoms. The van der Waals surface area contributed by atoms with Gasteiger partial charge in [-0.25, -0.2) is 8.42 Å². The van der Waals surface area contributed by atoms with E-state index in [9.17, 15) is 18.0 Å². The summed E-state index contributed by atoms with van der Waals surface area (Å²) in [6, 6.07) is 12.8. The number of anilines is 1. The number of nitrogens with one attached hydrogen (secondary N) is 1.